The molecule has 3 aromatic rings. The zero-order valence-electron chi connectivity index (χ0n) is 15.9. The van der Waals surface area contributed by atoms with E-state index in [0.717, 1.165) is 0 Å². The lowest BCUT2D eigenvalue weighted by Gasteiger charge is -2.07. The Labute approximate surface area is 170 Å². The Balaban J connectivity index is 1.70. The number of hydrogen-bond donors (Lipinski definition) is 2. The maximum atomic E-state index is 12.6. The Morgan fingerprint density at radius 3 is 2.63 bits per heavy atom. The monoisotopic (exact) mass is 410 g/mol. The van der Waals surface area contributed by atoms with E-state index in [-0.39, 0.29) is 24.4 Å². The summed E-state index contributed by atoms with van der Waals surface area (Å²) in [5.41, 5.74) is 6.41. The van der Waals surface area contributed by atoms with E-state index in [0.29, 0.717) is 22.8 Å². The number of carbonyl (C=O) groups is 2. The van der Waals surface area contributed by atoms with Crippen LogP contribution < -0.4 is 15.8 Å². The number of primary amides is 1. The third-order valence-electron chi connectivity index (χ3n) is 4.12. The molecule has 2 amide bonds. The average Bonchev–Trinajstić information content (AvgIpc) is 3.10. The van der Waals surface area contributed by atoms with Crippen molar-refractivity contribution in [2.45, 2.75) is 13.3 Å². The highest BCUT2D eigenvalue weighted by Crippen LogP contribution is 2.20. The number of nitro benzene ring substituents is 1. The van der Waals surface area contributed by atoms with Crippen LogP contribution in [0.2, 0.25) is 0 Å². The van der Waals surface area contributed by atoms with Crippen LogP contribution in [0.15, 0.2) is 48.5 Å². The third kappa shape index (κ3) is 4.76. The Bertz CT molecular complexity index is 1090. The molecule has 2 aromatic carbocycles. The molecule has 30 heavy (non-hydrogen) atoms. The number of rotatable bonds is 8. The number of carbonyl (C=O) groups excluding carboxylic acids is 2. The van der Waals surface area contributed by atoms with Gasteiger partial charge < -0.3 is 15.8 Å². The van der Waals surface area contributed by atoms with Gasteiger partial charge in [0.05, 0.1) is 29.3 Å². The highest BCUT2D eigenvalue weighted by molar-refractivity contribution is 6.03. The van der Waals surface area contributed by atoms with E-state index in [2.05, 4.69) is 15.6 Å². The van der Waals surface area contributed by atoms with Crippen molar-refractivity contribution in [1.29, 1.82) is 0 Å². The predicted molar refractivity (Wildman–Crippen MR) is 106 cm³/mol. The van der Waals surface area contributed by atoms with E-state index in [4.69, 9.17) is 10.5 Å². The summed E-state index contributed by atoms with van der Waals surface area (Å²) < 4.78 is 6.73. The summed E-state index contributed by atoms with van der Waals surface area (Å²) in [6.45, 7) is 1.81. The maximum Gasteiger partial charge on any atom is 0.278 e. The van der Waals surface area contributed by atoms with Crippen molar-refractivity contribution >= 4 is 23.2 Å². The minimum Gasteiger partial charge on any atom is -0.493 e. The van der Waals surface area contributed by atoms with E-state index >= 15 is 0 Å². The summed E-state index contributed by atoms with van der Waals surface area (Å²) in [6.07, 6.45) is 0.109. The Morgan fingerprint density at radius 2 is 1.97 bits per heavy atom. The Kier molecular flexibility index (Phi) is 6.01. The first kappa shape index (κ1) is 20.5. The molecular formula is C19H18N6O5. The minimum atomic E-state index is -0.509. The highest BCUT2D eigenvalue weighted by Gasteiger charge is 2.18. The van der Waals surface area contributed by atoms with Crippen molar-refractivity contribution in [3.05, 3.63) is 70.0 Å². The average molecular weight is 410 g/mol. The molecule has 11 heteroatoms. The first-order valence-corrected chi connectivity index (χ1v) is 8.85. The van der Waals surface area contributed by atoms with Crippen LogP contribution in [0.25, 0.3) is 5.69 Å². The SMILES string of the molecule is Cc1c(C(=O)Nc2ccc(OCCC(N)=O)cc2)nnn1-c1cccc([N+](=O)[O-])c1. The van der Waals surface area contributed by atoms with Gasteiger partial charge in [-0.1, -0.05) is 11.3 Å². The summed E-state index contributed by atoms with van der Waals surface area (Å²) in [4.78, 5) is 33.7. The smallest absolute Gasteiger partial charge is 0.278 e. The second-order valence-corrected chi connectivity index (χ2v) is 6.26. The fourth-order valence-electron chi connectivity index (χ4n) is 2.62. The number of nitrogens with two attached hydrogens (primary N) is 1. The van der Waals surface area contributed by atoms with Crippen molar-refractivity contribution in [3.63, 3.8) is 0 Å². The molecule has 0 aliphatic carbocycles. The van der Waals surface area contributed by atoms with E-state index in [9.17, 15) is 19.7 Å². The van der Waals surface area contributed by atoms with Gasteiger partial charge in [-0.05, 0) is 37.3 Å². The number of benzene rings is 2. The van der Waals surface area contributed by atoms with E-state index < -0.39 is 16.7 Å². The zero-order chi connectivity index (χ0) is 21.7. The quantitative estimate of drug-likeness (QED) is 0.425. The van der Waals surface area contributed by atoms with Crippen LogP contribution in [-0.2, 0) is 4.79 Å². The van der Waals surface area contributed by atoms with Gasteiger partial charge in [-0.2, -0.15) is 0 Å². The molecule has 0 saturated heterocycles. The molecule has 0 bridgehead atoms. The molecule has 1 heterocycles. The first-order chi connectivity index (χ1) is 14.3. The molecule has 154 valence electrons. The maximum absolute atomic E-state index is 12.6. The number of anilines is 1. The molecule has 0 spiro atoms. The normalized spacial score (nSPS) is 10.4. The second kappa shape index (κ2) is 8.82. The number of nitrogens with zero attached hydrogens (tertiary/aromatic N) is 4. The lowest BCUT2D eigenvalue weighted by Crippen LogP contribution is -2.15. The van der Waals surface area contributed by atoms with Gasteiger partial charge in [-0.15, -0.1) is 5.10 Å². The topological polar surface area (TPSA) is 155 Å². The highest BCUT2D eigenvalue weighted by atomic mass is 16.6. The molecule has 0 aliphatic heterocycles. The Hall–Kier alpha value is -4.28. The lowest BCUT2D eigenvalue weighted by molar-refractivity contribution is -0.384. The summed E-state index contributed by atoms with van der Waals surface area (Å²) in [5, 5.41) is 21.5. The molecule has 0 aliphatic rings. The van der Waals surface area contributed by atoms with E-state index in [1.54, 1.807) is 37.3 Å². The second-order valence-electron chi connectivity index (χ2n) is 6.26. The third-order valence-corrected chi connectivity index (χ3v) is 4.12. The van der Waals surface area contributed by atoms with Crippen LogP contribution in [0, 0.1) is 17.0 Å². The number of hydrogen-bond acceptors (Lipinski definition) is 7. The van der Waals surface area contributed by atoms with Crippen LogP contribution >= 0.6 is 0 Å². The van der Waals surface area contributed by atoms with Crippen molar-refractivity contribution < 1.29 is 19.2 Å². The molecule has 0 radical (unpaired) electrons. The van der Waals surface area contributed by atoms with Gasteiger partial charge in [-0.3, -0.25) is 19.7 Å². The number of aromatic nitrogens is 3. The summed E-state index contributed by atoms with van der Waals surface area (Å²) in [7, 11) is 0. The summed E-state index contributed by atoms with van der Waals surface area (Å²) in [6, 6.07) is 12.4. The molecule has 0 atom stereocenters. The fraction of sp³-hybridized carbons (Fsp3) is 0.158. The van der Waals surface area contributed by atoms with Crippen molar-refractivity contribution in [2.24, 2.45) is 5.73 Å². The van der Waals surface area contributed by atoms with Crippen molar-refractivity contribution in [2.75, 3.05) is 11.9 Å². The number of non-ortho nitro benzene ring substituents is 1. The van der Waals surface area contributed by atoms with Crippen LogP contribution in [0.5, 0.6) is 5.75 Å². The fourth-order valence-corrected chi connectivity index (χ4v) is 2.62. The number of ether oxygens (including phenoxy) is 1. The van der Waals surface area contributed by atoms with Gasteiger partial charge in [-0.25, -0.2) is 4.68 Å². The molecule has 3 rings (SSSR count). The van der Waals surface area contributed by atoms with E-state index in [1.165, 1.54) is 22.9 Å². The van der Waals surface area contributed by atoms with Gasteiger partial charge in [0.2, 0.25) is 5.91 Å². The molecule has 1 aromatic heterocycles. The molecule has 11 nitrogen and oxygen atoms in total. The first-order valence-electron chi connectivity index (χ1n) is 8.85. The number of nitrogens with one attached hydrogen (secondary N) is 1. The van der Waals surface area contributed by atoms with Crippen LogP contribution in [0.3, 0.4) is 0 Å². The molecular weight excluding hydrogens is 392 g/mol. The minimum absolute atomic E-state index is 0.0864. The van der Waals surface area contributed by atoms with Gasteiger partial charge in [0.25, 0.3) is 11.6 Å². The number of nitro groups is 1. The van der Waals surface area contributed by atoms with Gasteiger partial charge >= 0.3 is 0 Å². The lowest BCUT2D eigenvalue weighted by atomic mass is 10.2. The van der Waals surface area contributed by atoms with Gasteiger partial charge in [0.15, 0.2) is 5.69 Å². The number of amides is 2. The largest absolute Gasteiger partial charge is 0.493 e. The summed E-state index contributed by atoms with van der Waals surface area (Å²) in [5.74, 6) is -0.402. The predicted octanol–water partition coefficient (Wildman–Crippen LogP) is 1.99. The molecule has 0 fully saturated rings. The van der Waals surface area contributed by atoms with Gasteiger partial charge in [0, 0.05) is 17.8 Å². The van der Waals surface area contributed by atoms with Crippen molar-refractivity contribution in [3.8, 4) is 11.4 Å². The van der Waals surface area contributed by atoms with Crippen LogP contribution in [-0.4, -0.2) is 38.3 Å². The molecule has 3 N–H and O–H groups in total. The van der Waals surface area contributed by atoms with Crippen molar-refractivity contribution in [1.82, 2.24) is 15.0 Å². The summed E-state index contributed by atoms with van der Waals surface area (Å²) >= 11 is 0. The molecule has 0 saturated carbocycles. The standard InChI is InChI=1S/C19H18N6O5/c1-12-18(22-23-24(12)14-3-2-4-15(11-14)25(28)29)19(27)21-13-5-7-16(8-6-13)30-10-9-17(20)26/h2-8,11H,9-10H2,1H3,(H2,20,26)(H,21,27). The van der Waals surface area contributed by atoms with Crippen LogP contribution in [0.4, 0.5) is 11.4 Å². The van der Waals surface area contributed by atoms with Crippen LogP contribution in [0.1, 0.15) is 22.6 Å². The van der Waals surface area contributed by atoms with E-state index in [1.807, 2.05) is 0 Å². The zero-order valence-corrected chi connectivity index (χ0v) is 15.9. The Morgan fingerprint density at radius 1 is 1.23 bits per heavy atom. The molecule has 0 unspecified atom stereocenters. The van der Waals surface area contributed by atoms with Gasteiger partial charge in [0.1, 0.15) is 5.75 Å².